The molecule has 0 aromatic rings. The fraction of sp³-hybridized carbons (Fsp3) is 1.00. The predicted octanol–water partition coefficient (Wildman–Crippen LogP) is 3.14. The van der Waals surface area contributed by atoms with Gasteiger partial charge < -0.3 is 0 Å². The van der Waals surface area contributed by atoms with Crippen LogP contribution in [0, 0.1) is 0 Å². The number of hydrogen-bond donors (Lipinski definition) is 0. The molecule has 0 aliphatic rings. The molecule has 62 valence electrons. The zero-order chi connectivity index (χ0) is 8.58. The minimum atomic E-state index is -4.61. The first-order chi connectivity index (χ1) is 4.19. The van der Waals surface area contributed by atoms with Crippen LogP contribution in [0.4, 0.5) is 22.0 Å². The highest BCUT2D eigenvalue weighted by molar-refractivity contribution is 9.10. The Hall–Kier alpha value is 0.420. The van der Waals surface area contributed by atoms with E-state index in [0.29, 0.717) is 0 Å². The lowest BCUT2D eigenvalue weighted by Crippen LogP contribution is -2.40. The molecule has 0 N–H and O–H groups in total. The first-order valence-electron chi connectivity index (χ1n) is 1.92. The van der Waals surface area contributed by atoms with E-state index in [-0.39, 0.29) is 0 Å². The van der Waals surface area contributed by atoms with Gasteiger partial charge in [-0.3, -0.25) is 0 Å². The molecule has 0 rings (SSSR count). The third-order valence-corrected chi connectivity index (χ3v) is 2.00. The van der Waals surface area contributed by atoms with Gasteiger partial charge in [-0.15, -0.1) is 0 Å². The van der Waals surface area contributed by atoms with Crippen molar-refractivity contribution in [3.63, 3.8) is 0 Å². The smallest absolute Gasteiger partial charge is 0.217 e. The normalized spacial score (nSPS) is 19.2. The Kier molecular flexibility index (Phi) is 2.93. The Morgan fingerprint density at radius 1 is 1.20 bits per heavy atom. The third kappa shape index (κ3) is 1.95. The largest absolute Gasteiger partial charge is 0.370 e. The zero-order valence-corrected chi connectivity index (χ0v) is 6.57. The van der Waals surface area contributed by atoms with E-state index in [0.717, 1.165) is 0 Å². The first kappa shape index (κ1) is 10.4. The SMILES string of the molecule is FC(F)C(F)(Br)C(F)(F)Cl. The van der Waals surface area contributed by atoms with Gasteiger partial charge in [0, 0.05) is 0 Å². The Morgan fingerprint density at radius 3 is 1.50 bits per heavy atom. The van der Waals surface area contributed by atoms with Gasteiger partial charge in [0.15, 0.2) is 0 Å². The highest BCUT2D eigenvalue weighted by Crippen LogP contribution is 2.45. The van der Waals surface area contributed by atoms with Crippen molar-refractivity contribution in [2.75, 3.05) is 0 Å². The van der Waals surface area contributed by atoms with Gasteiger partial charge >= 0.3 is 9.96 Å². The Morgan fingerprint density at radius 2 is 1.50 bits per heavy atom. The summed E-state index contributed by atoms with van der Waals surface area (Å²) in [7, 11) is 0. The molecule has 0 saturated heterocycles. The van der Waals surface area contributed by atoms with Gasteiger partial charge in [-0.25, -0.2) is 13.2 Å². The van der Waals surface area contributed by atoms with Crippen molar-refractivity contribution in [3.05, 3.63) is 0 Å². The quantitative estimate of drug-likeness (QED) is 0.519. The number of hydrogen-bond acceptors (Lipinski definition) is 0. The summed E-state index contributed by atoms with van der Waals surface area (Å²) < 4.78 is 53.7. The number of rotatable bonds is 2. The number of halogens is 7. The van der Waals surface area contributed by atoms with E-state index >= 15 is 0 Å². The first-order valence-corrected chi connectivity index (χ1v) is 3.09. The van der Waals surface area contributed by atoms with Crippen LogP contribution in [0.15, 0.2) is 0 Å². The molecule has 0 aliphatic carbocycles. The Labute approximate surface area is 66.5 Å². The number of alkyl halides is 7. The van der Waals surface area contributed by atoms with Crippen molar-refractivity contribution in [1.29, 1.82) is 0 Å². The van der Waals surface area contributed by atoms with Crippen LogP contribution in [-0.4, -0.2) is 16.4 Å². The van der Waals surface area contributed by atoms with Crippen molar-refractivity contribution in [2.24, 2.45) is 0 Å². The second kappa shape index (κ2) is 2.81. The molecular formula is C3HBrClF5. The third-order valence-electron chi connectivity index (χ3n) is 0.652. The molecule has 10 heavy (non-hydrogen) atoms. The van der Waals surface area contributed by atoms with E-state index in [1.807, 2.05) is 0 Å². The van der Waals surface area contributed by atoms with Crippen molar-refractivity contribution < 1.29 is 22.0 Å². The monoisotopic (exact) mass is 246 g/mol. The molecule has 0 radical (unpaired) electrons. The van der Waals surface area contributed by atoms with Crippen molar-refractivity contribution in [1.82, 2.24) is 0 Å². The van der Waals surface area contributed by atoms with Gasteiger partial charge in [-0.05, 0) is 27.5 Å². The lowest BCUT2D eigenvalue weighted by Gasteiger charge is -2.21. The van der Waals surface area contributed by atoms with Crippen LogP contribution in [0.1, 0.15) is 0 Å². The van der Waals surface area contributed by atoms with Crippen LogP contribution in [-0.2, 0) is 0 Å². The highest BCUT2D eigenvalue weighted by Gasteiger charge is 2.59. The summed E-state index contributed by atoms with van der Waals surface area (Å²) in [5.74, 6) is 0. The van der Waals surface area contributed by atoms with Gasteiger partial charge in [0.2, 0.25) is 0 Å². The van der Waals surface area contributed by atoms with Crippen LogP contribution in [0.5, 0.6) is 0 Å². The van der Waals surface area contributed by atoms with Crippen LogP contribution in [0.25, 0.3) is 0 Å². The minimum absolute atomic E-state index is 1.47. The molecule has 0 spiro atoms. The van der Waals surface area contributed by atoms with Crippen molar-refractivity contribution in [2.45, 2.75) is 16.4 Å². The predicted molar refractivity (Wildman–Crippen MR) is 29.6 cm³/mol. The maximum Gasteiger partial charge on any atom is 0.370 e. The van der Waals surface area contributed by atoms with Crippen LogP contribution in [0.2, 0.25) is 0 Å². The van der Waals surface area contributed by atoms with E-state index in [4.69, 9.17) is 0 Å². The van der Waals surface area contributed by atoms with E-state index in [9.17, 15) is 22.0 Å². The Balaban J connectivity index is 4.40. The molecular weight excluding hydrogens is 246 g/mol. The molecule has 7 heteroatoms. The van der Waals surface area contributed by atoms with Gasteiger partial charge in [0.1, 0.15) is 0 Å². The lowest BCUT2D eigenvalue weighted by atomic mass is 10.4. The molecule has 0 saturated carbocycles. The van der Waals surface area contributed by atoms with E-state index in [1.54, 1.807) is 0 Å². The summed E-state index contributed by atoms with van der Waals surface area (Å²) in [6, 6.07) is 0. The second-order valence-corrected chi connectivity index (χ2v) is 3.05. The summed E-state index contributed by atoms with van der Waals surface area (Å²) in [6.45, 7) is 0. The summed E-state index contributed by atoms with van der Waals surface area (Å²) in [6.07, 6.45) is -3.88. The maximum absolute atomic E-state index is 12.0. The van der Waals surface area contributed by atoms with Crippen LogP contribution >= 0.6 is 27.5 Å². The van der Waals surface area contributed by atoms with Crippen LogP contribution < -0.4 is 0 Å². The molecule has 1 unspecified atom stereocenters. The molecule has 0 aromatic heterocycles. The molecule has 0 nitrogen and oxygen atoms in total. The molecule has 0 aromatic carbocycles. The van der Waals surface area contributed by atoms with E-state index < -0.39 is 16.4 Å². The molecule has 0 fully saturated rings. The Bertz CT molecular complexity index is 119. The summed E-state index contributed by atoms with van der Waals surface area (Å²) in [5.41, 5.74) is 0. The van der Waals surface area contributed by atoms with Gasteiger partial charge in [0.25, 0.3) is 6.43 Å². The van der Waals surface area contributed by atoms with Gasteiger partial charge in [0.05, 0.1) is 0 Å². The lowest BCUT2D eigenvalue weighted by molar-refractivity contribution is -0.0903. The van der Waals surface area contributed by atoms with Crippen LogP contribution in [0.3, 0.4) is 0 Å². The van der Waals surface area contributed by atoms with Gasteiger partial charge in [-0.1, -0.05) is 0 Å². The van der Waals surface area contributed by atoms with Crippen molar-refractivity contribution >= 4 is 27.5 Å². The molecule has 0 amide bonds. The summed E-state index contributed by atoms with van der Waals surface area (Å²) in [5, 5.41) is -4.61. The molecule has 0 heterocycles. The molecule has 0 aliphatic heterocycles. The van der Waals surface area contributed by atoms with Gasteiger partial charge in [-0.2, -0.15) is 8.78 Å². The average Bonchev–Trinajstić information content (AvgIpc) is 1.62. The van der Waals surface area contributed by atoms with E-state index in [1.165, 1.54) is 15.9 Å². The average molecular weight is 247 g/mol. The molecule has 1 atom stereocenters. The zero-order valence-electron chi connectivity index (χ0n) is 4.22. The summed E-state index contributed by atoms with van der Waals surface area (Å²) in [4.78, 5) is 0. The molecule has 0 bridgehead atoms. The minimum Gasteiger partial charge on any atom is -0.217 e. The summed E-state index contributed by atoms with van der Waals surface area (Å²) >= 11 is 5.45. The highest BCUT2D eigenvalue weighted by atomic mass is 79.9. The second-order valence-electron chi connectivity index (χ2n) is 1.42. The maximum atomic E-state index is 12.0. The van der Waals surface area contributed by atoms with E-state index in [2.05, 4.69) is 11.6 Å². The van der Waals surface area contributed by atoms with Crippen molar-refractivity contribution in [3.8, 4) is 0 Å². The topological polar surface area (TPSA) is 0 Å². The fourth-order valence-corrected chi connectivity index (χ4v) is 0.206. The standard InChI is InChI=1S/C3HBrClF5/c4-2(8,1(6)7)3(5,9)10/h1H. The fourth-order valence-electron chi connectivity index (χ4n) is 0.124.